The molecule has 104 valence electrons. The molecule has 2 aromatic rings. The summed E-state index contributed by atoms with van der Waals surface area (Å²) in [6, 6.07) is 14.5. The van der Waals surface area contributed by atoms with E-state index in [0.717, 1.165) is 11.8 Å². The molecule has 0 aliphatic carbocycles. The van der Waals surface area contributed by atoms with Crippen LogP contribution in [0.25, 0.3) is 10.8 Å². The topological polar surface area (TPSA) is 34.1 Å². The Morgan fingerprint density at radius 1 is 1.15 bits per heavy atom. The Kier molecular flexibility index (Phi) is 4.67. The van der Waals surface area contributed by atoms with Crippen LogP contribution in [0.4, 0.5) is 0 Å². The maximum absolute atomic E-state index is 11.3. The number of carbonyl (C=O) groups excluding carboxylic acids is 2. The van der Waals surface area contributed by atoms with Crippen molar-refractivity contribution in [3.8, 4) is 0 Å². The Morgan fingerprint density at radius 2 is 1.85 bits per heavy atom. The maximum Gasteiger partial charge on any atom is 0.129 e. The van der Waals surface area contributed by atoms with Crippen LogP contribution in [0.15, 0.2) is 42.5 Å². The van der Waals surface area contributed by atoms with Gasteiger partial charge >= 0.3 is 0 Å². The third kappa shape index (κ3) is 3.32. The molecule has 0 aliphatic rings. The molecular formula is C18H20O2. The summed E-state index contributed by atoms with van der Waals surface area (Å²) in [5.74, 6) is 0.180. The van der Waals surface area contributed by atoms with Gasteiger partial charge in [0.25, 0.3) is 0 Å². The zero-order valence-corrected chi connectivity index (χ0v) is 12.0. The molecule has 2 unspecified atom stereocenters. The zero-order chi connectivity index (χ0) is 14.5. The first kappa shape index (κ1) is 14.4. The smallest absolute Gasteiger partial charge is 0.129 e. The van der Waals surface area contributed by atoms with Gasteiger partial charge in [0.1, 0.15) is 12.1 Å². The van der Waals surface area contributed by atoms with Crippen LogP contribution in [0, 0.1) is 5.92 Å². The Labute approximate surface area is 119 Å². The van der Waals surface area contributed by atoms with Gasteiger partial charge in [-0.25, -0.2) is 0 Å². The van der Waals surface area contributed by atoms with E-state index in [1.807, 2.05) is 12.1 Å². The van der Waals surface area contributed by atoms with Crippen LogP contribution in [-0.2, 0) is 9.59 Å². The molecule has 0 spiro atoms. The van der Waals surface area contributed by atoms with Crippen molar-refractivity contribution in [2.24, 2.45) is 5.92 Å². The van der Waals surface area contributed by atoms with Gasteiger partial charge in [0.15, 0.2) is 0 Å². The van der Waals surface area contributed by atoms with Crippen LogP contribution in [0.5, 0.6) is 0 Å². The van der Waals surface area contributed by atoms with Gasteiger partial charge in [0.05, 0.1) is 0 Å². The molecule has 0 heterocycles. The predicted molar refractivity (Wildman–Crippen MR) is 81.8 cm³/mol. The molecule has 20 heavy (non-hydrogen) atoms. The van der Waals surface area contributed by atoms with Gasteiger partial charge in [-0.15, -0.1) is 0 Å². The minimum atomic E-state index is -0.0972. The molecule has 2 aromatic carbocycles. The van der Waals surface area contributed by atoms with E-state index in [1.165, 1.54) is 10.8 Å². The second kappa shape index (κ2) is 6.47. The lowest BCUT2D eigenvalue weighted by molar-refractivity contribution is -0.117. The van der Waals surface area contributed by atoms with E-state index >= 15 is 0 Å². The molecule has 0 radical (unpaired) electrons. The van der Waals surface area contributed by atoms with Crippen LogP contribution < -0.4 is 0 Å². The third-order valence-corrected chi connectivity index (χ3v) is 3.95. The van der Waals surface area contributed by atoms with Crippen molar-refractivity contribution in [3.05, 3.63) is 48.0 Å². The molecule has 2 atom stereocenters. The lowest BCUT2D eigenvalue weighted by Crippen LogP contribution is -2.13. The fraction of sp³-hybridized carbons (Fsp3) is 0.333. The number of hydrogen-bond donors (Lipinski definition) is 0. The molecular weight excluding hydrogens is 248 g/mol. The van der Waals surface area contributed by atoms with Crippen LogP contribution in [-0.4, -0.2) is 12.1 Å². The third-order valence-electron chi connectivity index (χ3n) is 3.95. The summed E-state index contributed by atoms with van der Waals surface area (Å²) in [7, 11) is 0. The highest BCUT2D eigenvalue weighted by atomic mass is 16.1. The van der Waals surface area contributed by atoms with E-state index < -0.39 is 0 Å². The number of rotatable bonds is 6. The standard InChI is InChI=1S/C18H20O2/c1-13(20)7-8-18(12-19)14(2)16-10-9-15-5-3-4-6-17(15)11-16/h3-6,9-12,14,18H,7-8H2,1-2H3. The Morgan fingerprint density at radius 3 is 2.50 bits per heavy atom. The largest absolute Gasteiger partial charge is 0.303 e. The Hall–Kier alpha value is -1.96. The normalized spacial score (nSPS) is 13.9. The van der Waals surface area contributed by atoms with Gasteiger partial charge in [-0.2, -0.15) is 0 Å². The molecule has 0 aliphatic heterocycles. The van der Waals surface area contributed by atoms with Gasteiger partial charge in [-0.1, -0.05) is 49.4 Å². The van der Waals surface area contributed by atoms with E-state index in [2.05, 4.69) is 37.3 Å². The monoisotopic (exact) mass is 268 g/mol. The van der Waals surface area contributed by atoms with E-state index in [4.69, 9.17) is 0 Å². The first-order chi connectivity index (χ1) is 9.61. The number of ketones is 1. The molecule has 0 saturated heterocycles. The number of hydrogen-bond acceptors (Lipinski definition) is 2. The summed E-state index contributed by atoms with van der Waals surface area (Å²) in [6.07, 6.45) is 2.09. The fourth-order valence-electron chi connectivity index (χ4n) is 2.54. The fourth-order valence-corrected chi connectivity index (χ4v) is 2.54. The number of fused-ring (bicyclic) bond motifs is 1. The number of aldehydes is 1. The quantitative estimate of drug-likeness (QED) is 0.738. The van der Waals surface area contributed by atoms with Gasteiger partial charge in [0.2, 0.25) is 0 Å². The number of benzene rings is 2. The molecule has 2 nitrogen and oxygen atoms in total. The minimum Gasteiger partial charge on any atom is -0.303 e. The molecule has 0 bridgehead atoms. The average Bonchev–Trinajstić information content (AvgIpc) is 2.47. The van der Waals surface area contributed by atoms with Crippen molar-refractivity contribution in [2.75, 3.05) is 0 Å². The minimum absolute atomic E-state index is 0.0972. The van der Waals surface area contributed by atoms with Crippen molar-refractivity contribution in [3.63, 3.8) is 0 Å². The average molecular weight is 268 g/mol. The van der Waals surface area contributed by atoms with Gasteiger partial charge in [0, 0.05) is 12.3 Å². The highest BCUT2D eigenvalue weighted by Crippen LogP contribution is 2.29. The van der Waals surface area contributed by atoms with E-state index in [0.29, 0.717) is 12.8 Å². The molecule has 0 aromatic heterocycles. The highest BCUT2D eigenvalue weighted by molar-refractivity contribution is 5.83. The van der Waals surface area contributed by atoms with Crippen molar-refractivity contribution in [1.29, 1.82) is 0 Å². The second-order valence-electron chi connectivity index (χ2n) is 5.44. The molecule has 2 rings (SSSR count). The van der Waals surface area contributed by atoms with Crippen molar-refractivity contribution in [2.45, 2.75) is 32.6 Å². The summed E-state index contributed by atoms with van der Waals surface area (Å²) < 4.78 is 0. The second-order valence-corrected chi connectivity index (χ2v) is 5.44. The summed E-state index contributed by atoms with van der Waals surface area (Å²) in [4.78, 5) is 22.4. The first-order valence-corrected chi connectivity index (χ1v) is 7.05. The Balaban J connectivity index is 2.22. The van der Waals surface area contributed by atoms with E-state index in [9.17, 15) is 9.59 Å². The van der Waals surface area contributed by atoms with E-state index in [-0.39, 0.29) is 17.6 Å². The predicted octanol–water partition coefficient (Wildman–Crippen LogP) is 4.13. The summed E-state index contributed by atoms with van der Waals surface area (Å²) >= 11 is 0. The molecule has 2 heteroatoms. The highest BCUT2D eigenvalue weighted by Gasteiger charge is 2.19. The molecule has 0 fully saturated rings. The lowest BCUT2D eigenvalue weighted by atomic mass is 9.84. The van der Waals surface area contributed by atoms with Gasteiger partial charge < -0.3 is 9.59 Å². The Bertz CT molecular complexity index is 616. The summed E-state index contributed by atoms with van der Waals surface area (Å²) in [5.41, 5.74) is 1.16. The summed E-state index contributed by atoms with van der Waals surface area (Å²) in [5, 5.41) is 2.39. The number of Topliss-reactive ketones (excluding diaryl/α,β-unsaturated/α-hetero) is 1. The van der Waals surface area contributed by atoms with Crippen LogP contribution >= 0.6 is 0 Å². The van der Waals surface area contributed by atoms with Crippen molar-refractivity contribution >= 4 is 22.8 Å². The van der Waals surface area contributed by atoms with Crippen molar-refractivity contribution < 1.29 is 9.59 Å². The van der Waals surface area contributed by atoms with Crippen LogP contribution in [0.3, 0.4) is 0 Å². The molecule has 0 saturated carbocycles. The lowest BCUT2D eigenvalue weighted by Gasteiger charge is -2.19. The van der Waals surface area contributed by atoms with Gasteiger partial charge in [-0.3, -0.25) is 0 Å². The van der Waals surface area contributed by atoms with Crippen LogP contribution in [0.2, 0.25) is 0 Å². The first-order valence-electron chi connectivity index (χ1n) is 7.05. The molecule has 0 N–H and O–H groups in total. The van der Waals surface area contributed by atoms with Crippen molar-refractivity contribution in [1.82, 2.24) is 0 Å². The number of carbonyl (C=O) groups is 2. The maximum atomic E-state index is 11.3. The summed E-state index contributed by atoms with van der Waals surface area (Å²) in [6.45, 7) is 3.63. The SMILES string of the molecule is CC(=O)CCC(C=O)C(C)c1ccc2ccccc2c1. The van der Waals surface area contributed by atoms with Gasteiger partial charge in [-0.05, 0) is 35.6 Å². The van der Waals surface area contributed by atoms with E-state index in [1.54, 1.807) is 6.92 Å². The zero-order valence-electron chi connectivity index (χ0n) is 12.0. The van der Waals surface area contributed by atoms with Crippen LogP contribution in [0.1, 0.15) is 38.2 Å². The molecule has 0 amide bonds.